The first kappa shape index (κ1) is 9.52. The van der Waals surface area contributed by atoms with E-state index in [-0.39, 0.29) is 0 Å². The Morgan fingerprint density at radius 2 is 2.08 bits per heavy atom. The Kier molecular flexibility index (Phi) is 4.08. The van der Waals surface area contributed by atoms with Crippen molar-refractivity contribution in [1.29, 1.82) is 5.41 Å². The first-order valence-electron chi connectivity index (χ1n) is 4.74. The van der Waals surface area contributed by atoms with Crippen molar-refractivity contribution in [3.8, 4) is 0 Å². The smallest absolute Gasteiger partial charge is 0.0959 e. The molecule has 1 N–H and O–H groups in total. The monoisotopic (exact) mass is 170 g/mol. The molecule has 1 fully saturated rings. The second-order valence-electron chi connectivity index (χ2n) is 3.15. The van der Waals surface area contributed by atoms with E-state index in [1.54, 1.807) is 0 Å². The Morgan fingerprint density at radius 3 is 2.67 bits per heavy atom. The van der Waals surface area contributed by atoms with E-state index < -0.39 is 0 Å². The molecule has 1 rings (SSSR count). The third-order valence-electron chi connectivity index (χ3n) is 2.16. The average Bonchev–Trinajstić information content (AvgIpc) is 2.15. The van der Waals surface area contributed by atoms with Gasteiger partial charge in [0.15, 0.2) is 0 Å². The highest BCUT2D eigenvalue weighted by Crippen LogP contribution is 2.03. The van der Waals surface area contributed by atoms with E-state index in [0.29, 0.717) is 0 Å². The Labute approximate surface area is 74.2 Å². The normalized spacial score (nSPS) is 17.9. The van der Waals surface area contributed by atoms with Crippen molar-refractivity contribution in [2.75, 3.05) is 26.3 Å². The first-order chi connectivity index (χ1) is 5.84. The number of rotatable bonds is 3. The molecule has 12 heavy (non-hydrogen) atoms. The van der Waals surface area contributed by atoms with Gasteiger partial charge in [-0.2, -0.15) is 0 Å². The molecule has 0 saturated carbocycles. The Hall–Kier alpha value is -0.570. The van der Waals surface area contributed by atoms with Crippen LogP contribution < -0.4 is 0 Å². The van der Waals surface area contributed by atoms with Crippen LogP contribution in [0.5, 0.6) is 0 Å². The summed E-state index contributed by atoms with van der Waals surface area (Å²) in [4.78, 5) is 2.12. The summed E-state index contributed by atoms with van der Waals surface area (Å²) in [6, 6.07) is 0. The fourth-order valence-electron chi connectivity index (χ4n) is 1.34. The quantitative estimate of drug-likeness (QED) is 0.514. The number of hydrogen-bond acceptors (Lipinski definition) is 2. The number of amidine groups is 1. The van der Waals surface area contributed by atoms with Crippen LogP contribution in [0.4, 0.5) is 0 Å². The van der Waals surface area contributed by atoms with E-state index in [2.05, 4.69) is 11.8 Å². The number of nitrogens with zero attached hydrogens (tertiary/aromatic N) is 1. The maximum atomic E-state index is 7.76. The van der Waals surface area contributed by atoms with E-state index in [9.17, 15) is 0 Å². The summed E-state index contributed by atoms with van der Waals surface area (Å²) < 4.78 is 5.22. The predicted molar refractivity (Wildman–Crippen MR) is 49.6 cm³/mol. The lowest BCUT2D eigenvalue weighted by Gasteiger charge is -2.28. The fourth-order valence-corrected chi connectivity index (χ4v) is 1.34. The number of morpholine rings is 1. The van der Waals surface area contributed by atoms with Crippen molar-refractivity contribution >= 4 is 5.84 Å². The van der Waals surface area contributed by atoms with Crippen molar-refractivity contribution in [2.45, 2.75) is 26.2 Å². The Balaban J connectivity index is 2.20. The van der Waals surface area contributed by atoms with Crippen LogP contribution in [0.2, 0.25) is 0 Å². The largest absolute Gasteiger partial charge is 0.378 e. The molecular formula is C9H18N2O. The molecule has 70 valence electrons. The van der Waals surface area contributed by atoms with Gasteiger partial charge in [-0.15, -0.1) is 0 Å². The summed E-state index contributed by atoms with van der Waals surface area (Å²) in [5.74, 6) is 0.792. The molecule has 1 aliphatic rings. The van der Waals surface area contributed by atoms with E-state index in [1.807, 2.05) is 0 Å². The van der Waals surface area contributed by atoms with Gasteiger partial charge in [0.05, 0.1) is 19.0 Å². The molecule has 0 atom stereocenters. The average molecular weight is 170 g/mol. The van der Waals surface area contributed by atoms with Gasteiger partial charge in [-0.05, 0) is 6.42 Å². The molecule has 3 heteroatoms. The third kappa shape index (κ3) is 2.81. The van der Waals surface area contributed by atoms with E-state index in [4.69, 9.17) is 10.1 Å². The van der Waals surface area contributed by atoms with Gasteiger partial charge in [-0.1, -0.05) is 13.3 Å². The summed E-state index contributed by atoms with van der Waals surface area (Å²) in [5.41, 5.74) is 0. The molecule has 3 nitrogen and oxygen atoms in total. The van der Waals surface area contributed by atoms with Gasteiger partial charge in [0, 0.05) is 19.5 Å². The highest BCUT2D eigenvalue weighted by atomic mass is 16.5. The SMILES string of the molecule is CCCCC(=N)N1CCOCC1. The van der Waals surface area contributed by atoms with Crippen molar-refractivity contribution in [1.82, 2.24) is 4.90 Å². The van der Waals surface area contributed by atoms with Gasteiger partial charge in [0.1, 0.15) is 0 Å². The molecule has 0 aliphatic carbocycles. The van der Waals surface area contributed by atoms with Crippen LogP contribution in [0.15, 0.2) is 0 Å². The Bertz CT molecular complexity index is 141. The van der Waals surface area contributed by atoms with Crippen LogP contribution in [0.25, 0.3) is 0 Å². The summed E-state index contributed by atoms with van der Waals surface area (Å²) in [7, 11) is 0. The third-order valence-corrected chi connectivity index (χ3v) is 2.16. The molecule has 0 aromatic rings. The molecule has 0 spiro atoms. The molecule has 1 saturated heterocycles. The maximum absolute atomic E-state index is 7.76. The molecule has 0 aromatic carbocycles. The molecule has 0 unspecified atom stereocenters. The van der Waals surface area contributed by atoms with Gasteiger partial charge < -0.3 is 9.64 Å². The van der Waals surface area contributed by atoms with E-state index in [0.717, 1.165) is 45.0 Å². The molecule has 0 amide bonds. The second kappa shape index (κ2) is 5.14. The molecule has 0 radical (unpaired) electrons. The molecule has 0 aromatic heterocycles. The highest BCUT2D eigenvalue weighted by molar-refractivity contribution is 5.79. The molecule has 1 aliphatic heterocycles. The number of unbranched alkanes of at least 4 members (excludes halogenated alkanes) is 1. The minimum Gasteiger partial charge on any atom is -0.378 e. The van der Waals surface area contributed by atoms with Gasteiger partial charge in [0.25, 0.3) is 0 Å². The van der Waals surface area contributed by atoms with Crippen molar-refractivity contribution in [3.05, 3.63) is 0 Å². The topological polar surface area (TPSA) is 36.3 Å². The van der Waals surface area contributed by atoms with Gasteiger partial charge in [0.2, 0.25) is 0 Å². The summed E-state index contributed by atoms with van der Waals surface area (Å²) >= 11 is 0. The van der Waals surface area contributed by atoms with E-state index in [1.165, 1.54) is 6.42 Å². The number of nitrogens with one attached hydrogen (secondary N) is 1. The van der Waals surface area contributed by atoms with Crippen LogP contribution in [-0.2, 0) is 4.74 Å². The van der Waals surface area contributed by atoms with Crippen LogP contribution in [-0.4, -0.2) is 37.0 Å². The maximum Gasteiger partial charge on any atom is 0.0959 e. The number of ether oxygens (including phenoxy) is 1. The Morgan fingerprint density at radius 1 is 1.42 bits per heavy atom. The summed E-state index contributed by atoms with van der Waals surface area (Å²) in [6.07, 6.45) is 3.24. The summed E-state index contributed by atoms with van der Waals surface area (Å²) in [6.45, 7) is 5.54. The standard InChI is InChI=1S/C9H18N2O/c1-2-3-4-9(10)11-5-7-12-8-6-11/h10H,2-8H2,1H3. The van der Waals surface area contributed by atoms with Crippen LogP contribution in [0.1, 0.15) is 26.2 Å². The van der Waals surface area contributed by atoms with Crippen molar-refractivity contribution < 1.29 is 4.74 Å². The minimum absolute atomic E-state index is 0.786. The zero-order valence-electron chi connectivity index (χ0n) is 7.81. The van der Waals surface area contributed by atoms with Crippen LogP contribution in [0.3, 0.4) is 0 Å². The molecular weight excluding hydrogens is 152 g/mol. The van der Waals surface area contributed by atoms with Crippen molar-refractivity contribution in [3.63, 3.8) is 0 Å². The van der Waals surface area contributed by atoms with Gasteiger partial charge in [-0.3, -0.25) is 5.41 Å². The fraction of sp³-hybridized carbons (Fsp3) is 0.889. The first-order valence-corrected chi connectivity index (χ1v) is 4.74. The van der Waals surface area contributed by atoms with Gasteiger partial charge >= 0.3 is 0 Å². The highest BCUT2D eigenvalue weighted by Gasteiger charge is 2.12. The van der Waals surface area contributed by atoms with Gasteiger partial charge in [-0.25, -0.2) is 0 Å². The zero-order valence-corrected chi connectivity index (χ0v) is 7.81. The molecule has 1 heterocycles. The lowest BCUT2D eigenvalue weighted by molar-refractivity contribution is 0.0668. The van der Waals surface area contributed by atoms with Crippen molar-refractivity contribution in [2.24, 2.45) is 0 Å². The number of hydrogen-bond donors (Lipinski definition) is 1. The predicted octanol–water partition coefficient (Wildman–Crippen LogP) is 1.49. The molecule has 0 bridgehead atoms. The zero-order chi connectivity index (χ0) is 8.81. The minimum atomic E-state index is 0.786. The summed E-state index contributed by atoms with van der Waals surface area (Å²) in [5, 5.41) is 7.76. The second-order valence-corrected chi connectivity index (χ2v) is 3.15. The van der Waals surface area contributed by atoms with Crippen LogP contribution in [0, 0.1) is 5.41 Å². The lowest BCUT2D eigenvalue weighted by Crippen LogP contribution is -2.40. The van der Waals surface area contributed by atoms with Crippen LogP contribution >= 0.6 is 0 Å². The lowest BCUT2D eigenvalue weighted by atomic mass is 10.2. The van der Waals surface area contributed by atoms with E-state index >= 15 is 0 Å².